The molecule has 0 aliphatic rings. The van der Waals surface area contributed by atoms with Gasteiger partial charge in [-0.2, -0.15) is 0 Å². The predicted octanol–water partition coefficient (Wildman–Crippen LogP) is -3.00. The molecule has 4 heteroatoms. The maximum atomic E-state index is 7.57. The third-order valence-corrected chi connectivity index (χ3v) is 0. The summed E-state index contributed by atoms with van der Waals surface area (Å²) in [4.78, 5) is 0. The van der Waals surface area contributed by atoms with Gasteiger partial charge in [-0.25, -0.2) is 0 Å². The molecule has 0 spiro atoms. The summed E-state index contributed by atoms with van der Waals surface area (Å²) in [6.07, 6.45) is 0. The summed E-state index contributed by atoms with van der Waals surface area (Å²) in [5, 5.41) is 15.1. The fourth-order valence-corrected chi connectivity index (χ4v) is 0. The normalized spacial score (nSPS) is 4.50. The van der Waals surface area contributed by atoms with Gasteiger partial charge in [0.05, 0.1) is 0 Å². The smallest absolute Gasteiger partial charge is 0.0402 e. The first-order valence-corrected chi connectivity index (χ1v) is 2.05. The van der Waals surface area contributed by atoms with Gasteiger partial charge in [0.15, 0.2) is 0 Å². The van der Waals surface area contributed by atoms with Crippen LogP contribution in [0.25, 0.3) is 0 Å². The van der Waals surface area contributed by atoms with Crippen LogP contribution in [0.4, 0.5) is 0 Å². The van der Waals surface area contributed by atoms with E-state index in [1.807, 2.05) is 0 Å². The van der Waals surface area contributed by atoms with Crippen molar-refractivity contribution >= 4 is 0 Å². The number of halogens is 1. The van der Waals surface area contributed by atoms with E-state index < -0.39 is 0 Å². The molecule has 0 bridgehead atoms. The van der Waals surface area contributed by atoms with Crippen LogP contribution in [-0.4, -0.2) is 23.4 Å². The van der Waals surface area contributed by atoms with Crippen molar-refractivity contribution in [1.29, 1.82) is 0 Å². The molecule has 0 radical (unpaired) electrons. The largest absolute Gasteiger partial charge is 1.00 e. The van der Waals surface area contributed by atoms with Crippen LogP contribution in [0.3, 0.4) is 0 Å². The molecule has 8 heavy (non-hydrogen) atoms. The van der Waals surface area contributed by atoms with Crippen molar-refractivity contribution in [3.05, 3.63) is 0 Å². The zero-order chi connectivity index (χ0) is 5.41. The molecular weight excluding hydrogens is 171 g/mol. The van der Waals surface area contributed by atoms with Crippen LogP contribution in [0.2, 0.25) is 0 Å². The average molecular weight is 183 g/mol. The first-order chi connectivity index (χ1) is 2.83. The zero-order valence-corrected chi connectivity index (χ0v) is 6.90. The summed E-state index contributed by atoms with van der Waals surface area (Å²) in [6, 6.07) is 0. The first-order valence-electron chi connectivity index (χ1n) is 2.05. The molecule has 2 N–H and O–H groups in total. The predicted molar refractivity (Wildman–Crippen MR) is 25.5 cm³/mol. The van der Waals surface area contributed by atoms with Crippen molar-refractivity contribution in [1.82, 2.24) is 0 Å². The van der Waals surface area contributed by atoms with Crippen LogP contribution in [0, 0.1) is 0 Å². The topological polar surface area (TPSA) is 40.5 Å². The second kappa shape index (κ2) is 47.0. The fourth-order valence-electron chi connectivity index (χ4n) is 0. The summed E-state index contributed by atoms with van der Waals surface area (Å²) < 4.78 is 0. The SMILES string of the molecule is CCO.CCO.[Cl-].[Fe]. The Hall–Kier alpha value is 0.729. The van der Waals surface area contributed by atoms with E-state index in [0.717, 1.165) is 0 Å². The Labute approximate surface area is 67.2 Å². The number of rotatable bonds is 0. The van der Waals surface area contributed by atoms with Gasteiger partial charge in [0.2, 0.25) is 0 Å². The van der Waals surface area contributed by atoms with Crippen LogP contribution in [-0.2, 0) is 17.1 Å². The van der Waals surface area contributed by atoms with E-state index in [0.29, 0.717) is 0 Å². The summed E-state index contributed by atoms with van der Waals surface area (Å²) in [5.41, 5.74) is 0. The van der Waals surface area contributed by atoms with Gasteiger partial charge >= 0.3 is 0 Å². The third-order valence-electron chi connectivity index (χ3n) is 0. The van der Waals surface area contributed by atoms with E-state index in [4.69, 9.17) is 10.2 Å². The van der Waals surface area contributed by atoms with Gasteiger partial charge in [0, 0.05) is 30.3 Å². The monoisotopic (exact) mass is 183 g/mol. The van der Waals surface area contributed by atoms with Gasteiger partial charge in [0.25, 0.3) is 0 Å². The van der Waals surface area contributed by atoms with Crippen LogP contribution in [0.1, 0.15) is 13.8 Å². The molecule has 0 fully saturated rings. The van der Waals surface area contributed by atoms with E-state index in [-0.39, 0.29) is 42.7 Å². The van der Waals surface area contributed by atoms with Crippen molar-refractivity contribution in [2.75, 3.05) is 13.2 Å². The van der Waals surface area contributed by atoms with Crippen LogP contribution in [0.5, 0.6) is 0 Å². The Morgan fingerprint density at radius 3 is 1.00 bits per heavy atom. The minimum Gasteiger partial charge on any atom is -1.00 e. The number of hydrogen-bond acceptors (Lipinski definition) is 2. The summed E-state index contributed by atoms with van der Waals surface area (Å²) in [5.74, 6) is 0. The van der Waals surface area contributed by atoms with E-state index in [9.17, 15) is 0 Å². The van der Waals surface area contributed by atoms with Crippen molar-refractivity contribution < 1.29 is 39.7 Å². The number of aliphatic hydroxyl groups is 2. The quantitative estimate of drug-likeness (QED) is 0.393. The van der Waals surface area contributed by atoms with E-state index in [1.54, 1.807) is 13.8 Å². The Bertz CT molecular complexity index is 16.0. The molecule has 2 nitrogen and oxygen atoms in total. The molecule has 0 aromatic heterocycles. The van der Waals surface area contributed by atoms with Gasteiger partial charge < -0.3 is 22.6 Å². The summed E-state index contributed by atoms with van der Waals surface area (Å²) in [7, 11) is 0. The Morgan fingerprint density at radius 1 is 1.00 bits per heavy atom. The van der Waals surface area contributed by atoms with Gasteiger partial charge in [-0.3, -0.25) is 0 Å². The zero-order valence-electron chi connectivity index (χ0n) is 5.04. The third kappa shape index (κ3) is 415. The second-order valence-corrected chi connectivity index (χ2v) is 0.632. The Balaban J connectivity index is -0.0000000160. The molecule has 0 aromatic rings. The number of hydrogen-bond donors (Lipinski definition) is 2. The molecule has 0 aliphatic heterocycles. The summed E-state index contributed by atoms with van der Waals surface area (Å²) in [6.45, 7) is 3.86. The maximum Gasteiger partial charge on any atom is 0.0402 e. The van der Waals surface area contributed by atoms with Crippen LogP contribution in [0.15, 0.2) is 0 Å². The van der Waals surface area contributed by atoms with E-state index >= 15 is 0 Å². The van der Waals surface area contributed by atoms with Gasteiger partial charge in [-0.1, -0.05) is 0 Å². The molecule has 56 valence electrons. The molecule has 0 saturated heterocycles. The summed E-state index contributed by atoms with van der Waals surface area (Å²) >= 11 is 0. The van der Waals surface area contributed by atoms with Crippen LogP contribution >= 0.6 is 0 Å². The molecule has 0 rings (SSSR count). The van der Waals surface area contributed by atoms with E-state index in [2.05, 4.69) is 0 Å². The molecule has 0 amide bonds. The first kappa shape index (κ1) is 23.3. The fraction of sp³-hybridized carbons (Fsp3) is 1.00. The molecule has 0 aromatic carbocycles. The molecule has 0 atom stereocenters. The minimum atomic E-state index is 0. The second-order valence-electron chi connectivity index (χ2n) is 0.632. The molecular formula is C4H12ClFeO2-. The maximum absolute atomic E-state index is 7.57. The molecule has 0 unspecified atom stereocenters. The Morgan fingerprint density at radius 2 is 1.00 bits per heavy atom. The minimum absolute atomic E-state index is 0. The van der Waals surface area contributed by atoms with Gasteiger partial charge in [-0.15, -0.1) is 0 Å². The molecule has 0 heterocycles. The Kier molecular flexibility index (Phi) is 137. The number of aliphatic hydroxyl groups excluding tert-OH is 2. The molecule has 0 saturated carbocycles. The standard InChI is InChI=1S/2C2H6O.ClH.Fe/c2*1-2-3;;/h2*3H,2H2,1H3;1H;/p-1. The van der Waals surface area contributed by atoms with Gasteiger partial charge in [-0.05, 0) is 13.8 Å². The van der Waals surface area contributed by atoms with Crippen molar-refractivity contribution in [3.63, 3.8) is 0 Å². The van der Waals surface area contributed by atoms with Gasteiger partial charge in [0.1, 0.15) is 0 Å². The molecule has 0 aliphatic carbocycles. The average Bonchev–Trinajstić information content (AvgIpc) is 1.39. The van der Waals surface area contributed by atoms with E-state index in [1.165, 1.54) is 0 Å². The van der Waals surface area contributed by atoms with Crippen LogP contribution < -0.4 is 12.4 Å². The van der Waals surface area contributed by atoms with Crippen molar-refractivity contribution in [2.45, 2.75) is 13.8 Å². The van der Waals surface area contributed by atoms with Crippen molar-refractivity contribution in [3.8, 4) is 0 Å². The van der Waals surface area contributed by atoms with Crippen molar-refractivity contribution in [2.24, 2.45) is 0 Å².